The fourth-order valence-electron chi connectivity index (χ4n) is 4.20. The number of hydrogen-bond donors (Lipinski definition) is 1. The molecule has 11 heteroatoms. The molecule has 0 amide bonds. The second kappa shape index (κ2) is 9.66. The van der Waals surface area contributed by atoms with Gasteiger partial charge in [0, 0.05) is 28.1 Å². The lowest BCUT2D eigenvalue weighted by Gasteiger charge is -2.14. The minimum absolute atomic E-state index is 0.202. The van der Waals surface area contributed by atoms with Crippen LogP contribution in [0.1, 0.15) is 16.8 Å². The molecule has 0 bridgehead atoms. The molecule has 0 fully saturated rings. The second-order valence-corrected chi connectivity index (χ2v) is 10.8. The van der Waals surface area contributed by atoms with Crippen molar-refractivity contribution in [1.29, 1.82) is 0 Å². The summed E-state index contributed by atoms with van der Waals surface area (Å²) in [6.07, 6.45) is 0. The molecule has 0 aliphatic heterocycles. The lowest BCUT2D eigenvalue weighted by molar-refractivity contribution is 0.405. The molecule has 5 aromatic rings. The van der Waals surface area contributed by atoms with Gasteiger partial charge in [0.2, 0.25) is 5.13 Å². The lowest BCUT2D eigenvalue weighted by Crippen LogP contribution is -2.39. The van der Waals surface area contributed by atoms with Crippen molar-refractivity contribution in [3.8, 4) is 15.6 Å². The highest BCUT2D eigenvalue weighted by Gasteiger charge is 2.26. The van der Waals surface area contributed by atoms with Gasteiger partial charge in [0.05, 0.1) is 17.6 Å². The molecule has 0 saturated carbocycles. The minimum atomic E-state index is -0.772. The van der Waals surface area contributed by atoms with E-state index in [1.54, 1.807) is 24.4 Å². The summed E-state index contributed by atoms with van der Waals surface area (Å²) in [7, 11) is 3.76. The van der Waals surface area contributed by atoms with Crippen LogP contribution in [0, 0.1) is 18.6 Å². The highest BCUT2D eigenvalue weighted by atomic mass is 32.1. The topological polar surface area (TPSA) is 86.2 Å². The number of aryl methyl sites for hydroxylation is 1. The molecule has 0 saturated heterocycles. The van der Waals surface area contributed by atoms with E-state index in [9.17, 15) is 18.4 Å². The third-order valence-electron chi connectivity index (χ3n) is 5.90. The summed E-state index contributed by atoms with van der Waals surface area (Å²) in [5.41, 5.74) is 7.17. The minimum Gasteiger partial charge on any atom is -0.399 e. The van der Waals surface area contributed by atoms with Crippen molar-refractivity contribution in [3.05, 3.63) is 97.1 Å². The number of fused-ring (bicyclic) bond motifs is 1. The van der Waals surface area contributed by atoms with Crippen molar-refractivity contribution in [2.45, 2.75) is 20.0 Å². The van der Waals surface area contributed by atoms with Gasteiger partial charge in [-0.25, -0.2) is 23.1 Å². The van der Waals surface area contributed by atoms with Crippen LogP contribution in [-0.4, -0.2) is 33.1 Å². The van der Waals surface area contributed by atoms with E-state index >= 15 is 0 Å². The zero-order valence-electron chi connectivity index (χ0n) is 20.3. The number of nitrogen functional groups attached to an aromatic ring is 1. The Morgan fingerprint density at radius 2 is 1.70 bits per heavy atom. The van der Waals surface area contributed by atoms with E-state index in [0.717, 1.165) is 38.5 Å². The fourth-order valence-corrected chi connectivity index (χ4v) is 6.29. The van der Waals surface area contributed by atoms with E-state index in [0.29, 0.717) is 33.7 Å². The van der Waals surface area contributed by atoms with E-state index in [-0.39, 0.29) is 17.2 Å². The average Bonchev–Trinajstić information content (AvgIpc) is 3.42. The average molecular weight is 540 g/mol. The van der Waals surface area contributed by atoms with Crippen LogP contribution in [0.2, 0.25) is 0 Å². The molecule has 3 aromatic heterocycles. The molecule has 0 unspecified atom stereocenters. The highest BCUT2D eigenvalue weighted by molar-refractivity contribution is 7.22. The molecule has 0 spiro atoms. The Hall–Kier alpha value is -3.67. The number of rotatable bonds is 6. The van der Waals surface area contributed by atoms with E-state index in [1.807, 2.05) is 31.1 Å². The van der Waals surface area contributed by atoms with E-state index in [4.69, 9.17) is 5.73 Å². The summed E-state index contributed by atoms with van der Waals surface area (Å²) in [4.78, 5) is 35.1. The normalized spacial score (nSPS) is 11.6. The molecule has 37 heavy (non-hydrogen) atoms. The number of nitrogens with two attached hydrogens (primary N) is 1. The predicted molar refractivity (Wildman–Crippen MR) is 145 cm³/mol. The van der Waals surface area contributed by atoms with Gasteiger partial charge in [-0.15, -0.1) is 22.7 Å². The lowest BCUT2D eigenvalue weighted by atomic mass is 10.1. The number of nitrogens with zero attached hydrogens (tertiary/aromatic N) is 4. The fraction of sp³-hybridized carbons (Fsp3) is 0.192. The number of halogens is 2. The Morgan fingerprint density at radius 1 is 1.03 bits per heavy atom. The Labute approximate surface area is 218 Å². The number of thiazole rings is 1. The SMILES string of the molecule is Cc1csc(-n2c(=O)c3c(CN(C)C)c(-c4ccc(N)cc4)sc3n(Cc3c(F)cccc3F)c2=O)n1. The zero-order valence-corrected chi connectivity index (χ0v) is 21.9. The number of hydrogen-bond acceptors (Lipinski definition) is 7. The van der Waals surface area contributed by atoms with Crippen molar-refractivity contribution in [2.75, 3.05) is 19.8 Å². The number of benzene rings is 2. The molecular formula is C26H23F2N5O2S2. The summed E-state index contributed by atoms with van der Waals surface area (Å²) < 4.78 is 31.6. The molecule has 0 aliphatic rings. The first kappa shape index (κ1) is 25.0. The molecule has 190 valence electrons. The molecule has 2 aromatic carbocycles. The van der Waals surface area contributed by atoms with Crippen LogP contribution >= 0.6 is 22.7 Å². The van der Waals surface area contributed by atoms with Crippen molar-refractivity contribution in [2.24, 2.45) is 0 Å². The van der Waals surface area contributed by atoms with Crippen LogP contribution in [0.15, 0.2) is 57.4 Å². The third kappa shape index (κ3) is 4.50. The number of thiophene rings is 1. The molecule has 2 N–H and O–H groups in total. The maximum absolute atomic E-state index is 14.7. The van der Waals surface area contributed by atoms with Gasteiger partial charge in [-0.1, -0.05) is 18.2 Å². The Balaban J connectivity index is 1.90. The standard InChI is InChI=1S/C26H23F2N5O2S2/c1-14-13-36-25(30-14)33-23(34)21-18(11-31(2)3)22(15-7-9-16(29)10-8-15)37-24(21)32(26(33)35)12-17-19(27)5-4-6-20(17)28/h4-10,13H,11-12,29H2,1-3H3. The highest BCUT2D eigenvalue weighted by Crippen LogP contribution is 2.38. The van der Waals surface area contributed by atoms with Crippen LogP contribution in [0.25, 0.3) is 25.8 Å². The quantitative estimate of drug-likeness (QED) is 0.319. The van der Waals surface area contributed by atoms with E-state index in [2.05, 4.69) is 4.98 Å². The Kier molecular flexibility index (Phi) is 6.52. The van der Waals surface area contributed by atoms with Gasteiger partial charge in [0.1, 0.15) is 16.5 Å². The van der Waals surface area contributed by atoms with Crippen LogP contribution < -0.4 is 17.0 Å². The Bertz CT molecular complexity index is 1730. The molecular weight excluding hydrogens is 516 g/mol. The number of aromatic nitrogens is 3. The van der Waals surface area contributed by atoms with Gasteiger partial charge in [-0.2, -0.15) is 0 Å². The maximum Gasteiger partial charge on any atom is 0.338 e. The number of anilines is 1. The van der Waals surface area contributed by atoms with Gasteiger partial charge in [0.15, 0.2) is 0 Å². The second-order valence-electron chi connectivity index (χ2n) is 8.93. The smallest absolute Gasteiger partial charge is 0.338 e. The first-order chi connectivity index (χ1) is 17.7. The predicted octanol–water partition coefficient (Wildman–Crippen LogP) is 4.62. The Morgan fingerprint density at radius 3 is 2.30 bits per heavy atom. The molecule has 3 heterocycles. The van der Waals surface area contributed by atoms with Crippen molar-refractivity contribution < 1.29 is 8.78 Å². The monoisotopic (exact) mass is 539 g/mol. The van der Waals surface area contributed by atoms with Gasteiger partial charge in [-0.05, 0) is 56.4 Å². The van der Waals surface area contributed by atoms with Crippen molar-refractivity contribution in [3.63, 3.8) is 0 Å². The van der Waals surface area contributed by atoms with Gasteiger partial charge in [-0.3, -0.25) is 9.36 Å². The van der Waals surface area contributed by atoms with Crippen LogP contribution in [0.5, 0.6) is 0 Å². The first-order valence-electron chi connectivity index (χ1n) is 11.3. The third-order valence-corrected chi connectivity index (χ3v) is 8.14. The molecule has 0 aliphatic carbocycles. The van der Waals surface area contributed by atoms with E-state index < -0.39 is 22.9 Å². The molecule has 0 atom stereocenters. The largest absolute Gasteiger partial charge is 0.399 e. The van der Waals surface area contributed by atoms with Crippen molar-refractivity contribution >= 4 is 38.6 Å². The zero-order chi connectivity index (χ0) is 26.4. The van der Waals surface area contributed by atoms with Crippen molar-refractivity contribution in [1.82, 2.24) is 19.0 Å². The first-order valence-corrected chi connectivity index (χ1v) is 13.0. The van der Waals surface area contributed by atoms with Gasteiger partial charge < -0.3 is 10.6 Å². The summed E-state index contributed by atoms with van der Waals surface area (Å²) in [5, 5.41) is 2.25. The van der Waals surface area contributed by atoms with E-state index in [1.165, 1.54) is 22.0 Å². The molecule has 7 nitrogen and oxygen atoms in total. The van der Waals surface area contributed by atoms with Crippen LogP contribution in [-0.2, 0) is 13.1 Å². The molecule has 0 radical (unpaired) electrons. The molecule has 5 rings (SSSR count). The van der Waals surface area contributed by atoms with Crippen LogP contribution in [0.4, 0.5) is 14.5 Å². The van der Waals surface area contributed by atoms with Crippen LogP contribution in [0.3, 0.4) is 0 Å². The summed E-state index contributed by atoms with van der Waals surface area (Å²) in [6, 6.07) is 10.8. The maximum atomic E-state index is 14.7. The summed E-state index contributed by atoms with van der Waals surface area (Å²) in [6.45, 7) is 1.78. The van der Waals surface area contributed by atoms with Gasteiger partial charge in [0.25, 0.3) is 5.56 Å². The van der Waals surface area contributed by atoms with Gasteiger partial charge >= 0.3 is 5.69 Å². The summed E-state index contributed by atoms with van der Waals surface area (Å²) in [5.74, 6) is -1.54. The summed E-state index contributed by atoms with van der Waals surface area (Å²) >= 11 is 2.39.